The molecule has 1 aliphatic rings. The molecule has 1 heteroatoms. The number of hydrogen-bond acceptors (Lipinski definition) is 1. The van der Waals surface area contributed by atoms with Crippen molar-refractivity contribution in [2.45, 2.75) is 83.7 Å². The zero-order valence-electron chi connectivity index (χ0n) is 10.4. The van der Waals surface area contributed by atoms with Crippen LogP contribution in [-0.4, -0.2) is 11.2 Å². The van der Waals surface area contributed by atoms with Crippen molar-refractivity contribution in [3.05, 3.63) is 0 Å². The van der Waals surface area contributed by atoms with E-state index in [1.165, 1.54) is 64.2 Å². The van der Waals surface area contributed by atoms with E-state index < -0.39 is 0 Å². The molecule has 2 unspecified atom stereocenters. The number of rotatable bonds is 6. The van der Waals surface area contributed by atoms with Crippen LogP contribution in [0.1, 0.15) is 77.6 Å². The molecule has 0 aromatic rings. The highest BCUT2D eigenvalue weighted by Crippen LogP contribution is 2.27. The fourth-order valence-corrected chi connectivity index (χ4v) is 2.71. The van der Waals surface area contributed by atoms with Crippen LogP contribution in [0.25, 0.3) is 0 Å². The van der Waals surface area contributed by atoms with Gasteiger partial charge in [-0.3, -0.25) is 0 Å². The first-order valence-electron chi connectivity index (χ1n) is 7.02. The van der Waals surface area contributed by atoms with Gasteiger partial charge in [0.15, 0.2) is 0 Å². The Kier molecular flexibility index (Phi) is 7.08. The van der Waals surface area contributed by atoms with E-state index in [-0.39, 0.29) is 6.10 Å². The molecular formula is C14H28O. The summed E-state index contributed by atoms with van der Waals surface area (Å²) >= 11 is 0. The normalized spacial score (nSPS) is 27.6. The summed E-state index contributed by atoms with van der Waals surface area (Å²) in [5.41, 5.74) is 0. The van der Waals surface area contributed by atoms with Crippen molar-refractivity contribution in [1.82, 2.24) is 0 Å². The lowest BCUT2D eigenvalue weighted by Gasteiger charge is -2.19. The quantitative estimate of drug-likeness (QED) is 0.514. The molecule has 1 fully saturated rings. The Morgan fingerprint density at radius 2 is 1.67 bits per heavy atom. The Morgan fingerprint density at radius 1 is 0.933 bits per heavy atom. The smallest absolute Gasteiger partial charge is 0.0568 e. The van der Waals surface area contributed by atoms with Crippen LogP contribution in [0, 0.1) is 5.92 Å². The highest BCUT2D eigenvalue weighted by Gasteiger charge is 2.20. The van der Waals surface area contributed by atoms with Gasteiger partial charge in [0.25, 0.3) is 0 Å². The molecule has 0 aromatic carbocycles. The predicted octanol–water partition coefficient (Wildman–Crippen LogP) is 4.29. The predicted molar refractivity (Wildman–Crippen MR) is 66.0 cm³/mol. The van der Waals surface area contributed by atoms with Crippen molar-refractivity contribution >= 4 is 0 Å². The number of aliphatic hydroxyl groups is 1. The zero-order valence-corrected chi connectivity index (χ0v) is 10.4. The minimum absolute atomic E-state index is 0.0127. The van der Waals surface area contributed by atoms with Gasteiger partial charge in [0.1, 0.15) is 0 Å². The molecule has 1 rings (SSSR count). The Morgan fingerprint density at radius 3 is 2.47 bits per heavy atom. The maximum absolute atomic E-state index is 9.95. The van der Waals surface area contributed by atoms with E-state index in [4.69, 9.17) is 0 Å². The highest BCUT2D eigenvalue weighted by atomic mass is 16.3. The molecule has 0 radical (unpaired) electrons. The van der Waals surface area contributed by atoms with E-state index in [0.717, 1.165) is 6.42 Å². The summed E-state index contributed by atoms with van der Waals surface area (Å²) in [5.74, 6) is 0.620. The second-order valence-corrected chi connectivity index (χ2v) is 5.17. The summed E-state index contributed by atoms with van der Waals surface area (Å²) in [6.45, 7) is 2.26. The first-order chi connectivity index (χ1) is 7.34. The van der Waals surface area contributed by atoms with E-state index in [1.54, 1.807) is 0 Å². The first-order valence-corrected chi connectivity index (χ1v) is 7.02. The molecule has 0 saturated heterocycles. The molecule has 15 heavy (non-hydrogen) atoms. The van der Waals surface area contributed by atoms with Gasteiger partial charge in [-0.05, 0) is 25.2 Å². The second-order valence-electron chi connectivity index (χ2n) is 5.17. The van der Waals surface area contributed by atoms with Gasteiger partial charge < -0.3 is 5.11 Å². The standard InChI is InChI=1S/C14H28O/c1-2-3-4-5-7-10-13-11-8-6-9-12-14(13)15/h13-15H,2-12H2,1H3. The third-order valence-electron chi connectivity index (χ3n) is 3.80. The van der Waals surface area contributed by atoms with E-state index >= 15 is 0 Å². The number of hydrogen-bond donors (Lipinski definition) is 1. The lowest BCUT2D eigenvalue weighted by atomic mass is 9.91. The molecule has 1 nitrogen and oxygen atoms in total. The summed E-state index contributed by atoms with van der Waals surface area (Å²) in [6.07, 6.45) is 14.3. The minimum atomic E-state index is 0.0127. The van der Waals surface area contributed by atoms with E-state index in [0.29, 0.717) is 5.92 Å². The largest absolute Gasteiger partial charge is 0.393 e. The maximum atomic E-state index is 9.95. The third-order valence-corrected chi connectivity index (χ3v) is 3.80. The summed E-state index contributed by atoms with van der Waals surface area (Å²) in [7, 11) is 0. The second kappa shape index (κ2) is 8.15. The van der Waals surface area contributed by atoms with Gasteiger partial charge >= 0.3 is 0 Å². The molecule has 0 heterocycles. The molecule has 0 spiro atoms. The number of aliphatic hydroxyl groups excluding tert-OH is 1. The van der Waals surface area contributed by atoms with Gasteiger partial charge in [-0.15, -0.1) is 0 Å². The van der Waals surface area contributed by atoms with Crippen LogP contribution in [-0.2, 0) is 0 Å². The summed E-state index contributed by atoms with van der Waals surface area (Å²) in [6, 6.07) is 0. The Bertz CT molecular complexity index is 144. The highest BCUT2D eigenvalue weighted by molar-refractivity contribution is 4.72. The average molecular weight is 212 g/mol. The van der Waals surface area contributed by atoms with Crippen molar-refractivity contribution in [2.24, 2.45) is 5.92 Å². The van der Waals surface area contributed by atoms with Crippen LogP contribution in [0.4, 0.5) is 0 Å². The molecule has 0 amide bonds. The molecule has 1 saturated carbocycles. The summed E-state index contributed by atoms with van der Waals surface area (Å²) < 4.78 is 0. The zero-order chi connectivity index (χ0) is 10.9. The van der Waals surface area contributed by atoms with E-state index in [1.807, 2.05) is 0 Å². The Labute approximate surface area is 95.3 Å². The molecule has 1 aliphatic carbocycles. The van der Waals surface area contributed by atoms with Gasteiger partial charge in [-0.2, -0.15) is 0 Å². The van der Waals surface area contributed by atoms with Crippen LogP contribution < -0.4 is 0 Å². The lowest BCUT2D eigenvalue weighted by molar-refractivity contribution is 0.0942. The van der Waals surface area contributed by atoms with Crippen LogP contribution in [0.2, 0.25) is 0 Å². The lowest BCUT2D eigenvalue weighted by Crippen LogP contribution is -2.18. The van der Waals surface area contributed by atoms with Crippen LogP contribution in [0.5, 0.6) is 0 Å². The average Bonchev–Trinajstić information content (AvgIpc) is 2.44. The first kappa shape index (κ1) is 13.0. The van der Waals surface area contributed by atoms with Crippen LogP contribution in [0.15, 0.2) is 0 Å². The van der Waals surface area contributed by atoms with Gasteiger partial charge in [0.2, 0.25) is 0 Å². The Hall–Kier alpha value is -0.0400. The topological polar surface area (TPSA) is 20.2 Å². The van der Waals surface area contributed by atoms with Crippen molar-refractivity contribution in [2.75, 3.05) is 0 Å². The van der Waals surface area contributed by atoms with Crippen molar-refractivity contribution < 1.29 is 5.11 Å². The molecule has 1 N–H and O–H groups in total. The SMILES string of the molecule is CCCCCCCC1CCCCCC1O. The van der Waals surface area contributed by atoms with Gasteiger partial charge in [0.05, 0.1) is 6.10 Å². The monoisotopic (exact) mass is 212 g/mol. The molecular weight excluding hydrogens is 184 g/mol. The Balaban J connectivity index is 2.07. The van der Waals surface area contributed by atoms with Crippen molar-refractivity contribution in [3.8, 4) is 0 Å². The van der Waals surface area contributed by atoms with E-state index in [9.17, 15) is 5.11 Å². The summed E-state index contributed by atoms with van der Waals surface area (Å²) in [5, 5.41) is 9.95. The van der Waals surface area contributed by atoms with Crippen LogP contribution >= 0.6 is 0 Å². The molecule has 0 aliphatic heterocycles. The molecule has 2 atom stereocenters. The summed E-state index contributed by atoms with van der Waals surface area (Å²) in [4.78, 5) is 0. The fourth-order valence-electron chi connectivity index (χ4n) is 2.71. The van der Waals surface area contributed by atoms with E-state index in [2.05, 4.69) is 6.92 Å². The fraction of sp³-hybridized carbons (Fsp3) is 1.00. The molecule has 0 bridgehead atoms. The maximum Gasteiger partial charge on any atom is 0.0568 e. The van der Waals surface area contributed by atoms with Gasteiger partial charge in [-0.1, -0.05) is 58.3 Å². The molecule has 90 valence electrons. The van der Waals surface area contributed by atoms with Gasteiger partial charge in [0, 0.05) is 0 Å². The van der Waals surface area contributed by atoms with Crippen molar-refractivity contribution in [1.29, 1.82) is 0 Å². The number of unbranched alkanes of at least 4 members (excludes halogenated alkanes) is 4. The van der Waals surface area contributed by atoms with Gasteiger partial charge in [-0.25, -0.2) is 0 Å². The minimum Gasteiger partial charge on any atom is -0.393 e. The molecule has 0 aromatic heterocycles. The third kappa shape index (κ3) is 5.55. The van der Waals surface area contributed by atoms with Crippen molar-refractivity contribution in [3.63, 3.8) is 0 Å². The van der Waals surface area contributed by atoms with Crippen LogP contribution in [0.3, 0.4) is 0 Å².